The van der Waals surface area contributed by atoms with Gasteiger partial charge in [0.2, 0.25) is 5.88 Å². The number of aromatic nitrogens is 2. The van der Waals surface area contributed by atoms with E-state index in [1.54, 1.807) is 60.7 Å². The normalized spacial score (nSPS) is 18.2. The van der Waals surface area contributed by atoms with Crippen LogP contribution >= 0.6 is 11.6 Å². The highest BCUT2D eigenvalue weighted by Gasteiger charge is 2.37. The molecular weight excluding hydrogens is 524 g/mol. The van der Waals surface area contributed by atoms with Gasteiger partial charge in [-0.15, -0.1) is 0 Å². The Morgan fingerprint density at radius 1 is 0.846 bits per heavy atom. The van der Waals surface area contributed by atoms with E-state index in [0.29, 0.717) is 41.8 Å². The minimum absolute atomic E-state index is 0.173. The number of carbonyl (C=O) groups excluding carboxylic acids is 3. The molecule has 0 unspecified atom stereocenters. The van der Waals surface area contributed by atoms with E-state index in [9.17, 15) is 29.1 Å². The van der Waals surface area contributed by atoms with E-state index in [4.69, 9.17) is 11.6 Å². The zero-order valence-corrected chi connectivity index (χ0v) is 21.1. The van der Waals surface area contributed by atoms with Crippen LogP contribution in [0.15, 0.2) is 98.1 Å². The van der Waals surface area contributed by atoms with Crippen LogP contribution in [0.1, 0.15) is 24.8 Å². The van der Waals surface area contributed by atoms with Crippen molar-refractivity contribution in [2.75, 3.05) is 4.90 Å². The van der Waals surface area contributed by atoms with Crippen molar-refractivity contribution in [1.82, 2.24) is 14.9 Å². The third-order valence-electron chi connectivity index (χ3n) is 6.34. The summed E-state index contributed by atoms with van der Waals surface area (Å²) in [6.45, 7) is 0. The van der Waals surface area contributed by atoms with Gasteiger partial charge in [0.1, 0.15) is 11.1 Å². The molecular formula is C28H21ClN4O6. The number of barbiturate groups is 1. The number of allylic oxidation sites excluding steroid dienone is 4. The van der Waals surface area contributed by atoms with Crippen LogP contribution in [0.3, 0.4) is 0 Å². The highest BCUT2D eigenvalue weighted by molar-refractivity contribution is 6.38. The topological polar surface area (TPSA) is 142 Å². The fraction of sp³-hybridized carbons (Fsp3) is 0.107. The Bertz CT molecular complexity index is 1720. The molecule has 1 saturated heterocycles. The Balaban J connectivity index is 1.56. The summed E-state index contributed by atoms with van der Waals surface area (Å²) in [5, 5.41) is 13.2. The van der Waals surface area contributed by atoms with Gasteiger partial charge in [0.25, 0.3) is 17.4 Å². The molecule has 4 amide bonds. The van der Waals surface area contributed by atoms with Crippen molar-refractivity contribution in [1.29, 1.82) is 0 Å². The summed E-state index contributed by atoms with van der Waals surface area (Å²) in [5.74, 6) is -2.21. The Hall–Kier alpha value is -4.96. The summed E-state index contributed by atoms with van der Waals surface area (Å²) in [4.78, 5) is 66.3. The standard InChI is InChI=1S/C28H21ClN4O6/c29-22-16(14-20-23(34)30-27(38)32(25(20)36)18-10-3-1-4-11-18)8-7-9-17(22)15-21-24(35)31-28(39)33(26(21)37)19-12-5-2-6-13-19/h1-6,10-15,36H,7-9H2,(H,30,34,38)(H,31,35,39)/b16-14-,21-15+. The van der Waals surface area contributed by atoms with Crippen LogP contribution in [0, 0.1) is 0 Å². The average molecular weight is 545 g/mol. The highest BCUT2D eigenvalue weighted by Crippen LogP contribution is 2.36. The molecule has 39 heavy (non-hydrogen) atoms. The molecule has 0 atom stereocenters. The van der Waals surface area contributed by atoms with Gasteiger partial charge in [-0.05, 0) is 66.8 Å². The van der Waals surface area contributed by atoms with Gasteiger partial charge >= 0.3 is 11.7 Å². The highest BCUT2D eigenvalue weighted by atomic mass is 35.5. The molecule has 3 N–H and O–H groups in total. The quantitative estimate of drug-likeness (QED) is 0.339. The number of urea groups is 1. The SMILES string of the molecule is O=C1NC(=O)N(c2ccccc2)C(=O)/C1=C/C1=C(Cl)C(=C\c2c(O)n(-c3ccccc3)c(=O)[nH]c2=O)/CCC1. The Morgan fingerprint density at radius 2 is 1.49 bits per heavy atom. The average Bonchev–Trinajstić information content (AvgIpc) is 2.91. The predicted molar refractivity (Wildman–Crippen MR) is 145 cm³/mol. The molecule has 0 bridgehead atoms. The number of benzene rings is 2. The number of aromatic amines is 1. The number of imide groups is 2. The van der Waals surface area contributed by atoms with E-state index in [-0.39, 0.29) is 16.2 Å². The van der Waals surface area contributed by atoms with Crippen LogP contribution in [-0.2, 0) is 9.59 Å². The van der Waals surface area contributed by atoms with Crippen molar-refractivity contribution in [3.8, 4) is 11.6 Å². The first kappa shape index (κ1) is 25.7. The Labute approximate surface area is 226 Å². The molecule has 3 aromatic rings. The van der Waals surface area contributed by atoms with E-state index < -0.39 is 35.0 Å². The lowest BCUT2D eigenvalue weighted by Crippen LogP contribution is -2.54. The molecule has 2 aliphatic rings. The molecule has 1 aromatic heterocycles. The van der Waals surface area contributed by atoms with Crippen LogP contribution < -0.4 is 21.5 Å². The second-order valence-electron chi connectivity index (χ2n) is 8.82. The maximum Gasteiger partial charge on any atom is 0.335 e. The molecule has 196 valence electrons. The van der Waals surface area contributed by atoms with Crippen molar-refractivity contribution in [2.24, 2.45) is 0 Å². The first-order chi connectivity index (χ1) is 18.8. The monoisotopic (exact) mass is 544 g/mol. The summed E-state index contributed by atoms with van der Waals surface area (Å²) in [6, 6.07) is 15.6. The number of nitrogens with one attached hydrogen (secondary N) is 2. The molecule has 1 aliphatic carbocycles. The molecule has 0 radical (unpaired) electrons. The first-order valence-electron chi connectivity index (χ1n) is 12.0. The van der Waals surface area contributed by atoms with E-state index >= 15 is 0 Å². The van der Waals surface area contributed by atoms with Crippen LogP contribution in [-0.4, -0.2) is 32.5 Å². The maximum absolute atomic E-state index is 13.2. The number of para-hydroxylation sites is 2. The fourth-order valence-corrected chi connectivity index (χ4v) is 4.77. The third kappa shape index (κ3) is 4.85. The summed E-state index contributed by atoms with van der Waals surface area (Å²) < 4.78 is 0.970. The van der Waals surface area contributed by atoms with Gasteiger partial charge in [-0.3, -0.25) is 24.7 Å². The number of aromatic hydroxyl groups is 1. The molecule has 1 fully saturated rings. The van der Waals surface area contributed by atoms with Gasteiger partial charge in [-0.1, -0.05) is 48.0 Å². The smallest absolute Gasteiger partial charge is 0.335 e. The molecule has 5 rings (SSSR count). The molecule has 2 aromatic carbocycles. The maximum atomic E-state index is 13.2. The lowest BCUT2D eigenvalue weighted by atomic mass is 9.92. The molecule has 0 saturated carbocycles. The number of hydrogen-bond donors (Lipinski definition) is 3. The van der Waals surface area contributed by atoms with Gasteiger partial charge in [0.05, 0.1) is 11.4 Å². The van der Waals surface area contributed by atoms with E-state index in [2.05, 4.69) is 10.3 Å². The van der Waals surface area contributed by atoms with E-state index in [1.165, 1.54) is 12.2 Å². The second-order valence-corrected chi connectivity index (χ2v) is 9.20. The van der Waals surface area contributed by atoms with Gasteiger partial charge in [-0.2, -0.15) is 0 Å². The van der Waals surface area contributed by atoms with Gasteiger partial charge < -0.3 is 5.11 Å². The second kappa shape index (κ2) is 10.4. The zero-order valence-electron chi connectivity index (χ0n) is 20.3. The summed E-state index contributed by atoms with van der Waals surface area (Å²) in [6.07, 6.45) is 4.14. The fourth-order valence-electron chi connectivity index (χ4n) is 4.47. The number of H-pyrrole nitrogens is 1. The number of amides is 4. The number of halogens is 1. The first-order valence-corrected chi connectivity index (χ1v) is 12.3. The lowest BCUT2D eigenvalue weighted by molar-refractivity contribution is -0.122. The Kier molecular flexibility index (Phi) is 6.86. The predicted octanol–water partition coefficient (Wildman–Crippen LogP) is 3.50. The summed E-state index contributed by atoms with van der Waals surface area (Å²) >= 11 is 6.67. The number of carbonyl (C=O) groups is 3. The van der Waals surface area contributed by atoms with Crippen LogP contribution in [0.5, 0.6) is 5.88 Å². The molecule has 10 nitrogen and oxygen atoms in total. The summed E-state index contributed by atoms with van der Waals surface area (Å²) in [5.41, 5.74) is -0.487. The summed E-state index contributed by atoms with van der Waals surface area (Å²) in [7, 11) is 0. The molecule has 1 aliphatic heterocycles. The van der Waals surface area contributed by atoms with Crippen LogP contribution in [0.25, 0.3) is 11.8 Å². The van der Waals surface area contributed by atoms with E-state index in [0.717, 1.165) is 9.47 Å². The van der Waals surface area contributed by atoms with Gasteiger partial charge in [-0.25, -0.2) is 19.1 Å². The molecule has 0 spiro atoms. The number of rotatable bonds is 4. The Morgan fingerprint density at radius 3 is 2.15 bits per heavy atom. The van der Waals surface area contributed by atoms with Crippen molar-refractivity contribution >= 4 is 41.2 Å². The third-order valence-corrected chi connectivity index (χ3v) is 6.83. The molecule has 2 heterocycles. The number of nitrogens with zero attached hydrogens (tertiary/aromatic N) is 2. The van der Waals surface area contributed by atoms with Crippen molar-refractivity contribution in [3.05, 3.63) is 115 Å². The van der Waals surface area contributed by atoms with E-state index in [1.807, 2.05) is 0 Å². The molecule has 11 heteroatoms. The number of hydrogen-bond acceptors (Lipinski definition) is 6. The zero-order chi connectivity index (χ0) is 27.7. The minimum Gasteiger partial charge on any atom is -0.494 e. The van der Waals surface area contributed by atoms with Gasteiger partial charge in [0, 0.05) is 5.03 Å². The largest absolute Gasteiger partial charge is 0.494 e. The van der Waals surface area contributed by atoms with Crippen molar-refractivity contribution in [3.63, 3.8) is 0 Å². The van der Waals surface area contributed by atoms with Crippen molar-refractivity contribution in [2.45, 2.75) is 19.3 Å². The lowest BCUT2D eigenvalue weighted by Gasteiger charge is -2.27. The minimum atomic E-state index is -0.860. The van der Waals surface area contributed by atoms with Crippen molar-refractivity contribution < 1.29 is 19.5 Å². The van der Waals surface area contributed by atoms with Gasteiger partial charge in [0.15, 0.2) is 0 Å². The van der Waals surface area contributed by atoms with Crippen LogP contribution in [0.4, 0.5) is 10.5 Å². The van der Waals surface area contributed by atoms with Crippen LogP contribution in [0.2, 0.25) is 0 Å². The number of anilines is 1.